The number of aliphatic hydroxyl groups is 1. The number of aromatic nitrogens is 1. The zero-order chi connectivity index (χ0) is 11.6. The summed E-state index contributed by atoms with van der Waals surface area (Å²) in [5.41, 5.74) is 6.77. The van der Waals surface area contributed by atoms with E-state index in [0.29, 0.717) is 11.7 Å². The van der Waals surface area contributed by atoms with Crippen molar-refractivity contribution in [2.24, 2.45) is 5.73 Å². The minimum absolute atomic E-state index is 0.0931. The van der Waals surface area contributed by atoms with E-state index in [0.717, 1.165) is 31.4 Å². The van der Waals surface area contributed by atoms with Crippen molar-refractivity contribution in [1.29, 1.82) is 0 Å². The first-order chi connectivity index (χ1) is 7.66. The van der Waals surface area contributed by atoms with E-state index >= 15 is 0 Å². The van der Waals surface area contributed by atoms with Crippen molar-refractivity contribution in [3.05, 3.63) is 29.0 Å². The maximum absolute atomic E-state index is 9.55. The lowest BCUT2D eigenvalue weighted by Crippen LogP contribution is -2.40. The predicted octanol–water partition coefficient (Wildman–Crippen LogP) is 1.87. The van der Waals surface area contributed by atoms with E-state index in [1.165, 1.54) is 0 Å². The second-order valence-electron chi connectivity index (χ2n) is 4.56. The summed E-state index contributed by atoms with van der Waals surface area (Å²) in [4.78, 5) is 4.37. The molecule has 4 heteroatoms. The molecule has 3 N–H and O–H groups in total. The van der Waals surface area contributed by atoms with Crippen LogP contribution in [0.4, 0.5) is 0 Å². The number of nitrogens with two attached hydrogens (primary N) is 1. The highest BCUT2D eigenvalue weighted by molar-refractivity contribution is 6.29. The Labute approximate surface area is 101 Å². The van der Waals surface area contributed by atoms with E-state index in [9.17, 15) is 5.11 Å². The van der Waals surface area contributed by atoms with Crippen LogP contribution in [0.1, 0.15) is 31.4 Å². The summed E-state index contributed by atoms with van der Waals surface area (Å²) in [6, 6.07) is 5.66. The van der Waals surface area contributed by atoms with Crippen LogP contribution >= 0.6 is 11.6 Å². The van der Waals surface area contributed by atoms with E-state index in [4.69, 9.17) is 17.3 Å². The van der Waals surface area contributed by atoms with Gasteiger partial charge in [-0.2, -0.15) is 0 Å². The third-order valence-corrected chi connectivity index (χ3v) is 3.77. The molecule has 0 radical (unpaired) electrons. The van der Waals surface area contributed by atoms with E-state index in [1.54, 1.807) is 6.07 Å². The minimum atomic E-state index is -0.182. The van der Waals surface area contributed by atoms with E-state index < -0.39 is 0 Å². The second kappa shape index (κ2) is 4.70. The first-order valence-electron chi connectivity index (χ1n) is 5.67. The topological polar surface area (TPSA) is 59.1 Å². The van der Waals surface area contributed by atoms with Gasteiger partial charge in [-0.05, 0) is 37.8 Å². The zero-order valence-electron chi connectivity index (χ0n) is 9.19. The third kappa shape index (κ3) is 2.21. The predicted molar refractivity (Wildman–Crippen MR) is 64.5 cm³/mol. The van der Waals surface area contributed by atoms with Gasteiger partial charge in [0.2, 0.25) is 0 Å². The maximum Gasteiger partial charge on any atom is 0.129 e. The standard InChI is InChI=1S/C12H17ClN2O/c13-11-3-1-2-10(15-11)12(8-14)6-4-9(16)5-7-12/h1-3,9,16H,4-8,14H2. The Bertz CT molecular complexity index is 362. The number of hydrogen-bond acceptors (Lipinski definition) is 3. The third-order valence-electron chi connectivity index (χ3n) is 3.56. The van der Waals surface area contributed by atoms with Gasteiger partial charge in [0, 0.05) is 17.7 Å². The molecule has 0 spiro atoms. The fourth-order valence-electron chi connectivity index (χ4n) is 2.42. The molecule has 3 nitrogen and oxygen atoms in total. The van der Waals surface area contributed by atoms with Crippen molar-refractivity contribution in [3.63, 3.8) is 0 Å². The van der Waals surface area contributed by atoms with Crippen LogP contribution < -0.4 is 5.73 Å². The summed E-state index contributed by atoms with van der Waals surface area (Å²) in [6.45, 7) is 0.563. The van der Waals surface area contributed by atoms with Crippen molar-refractivity contribution in [3.8, 4) is 0 Å². The van der Waals surface area contributed by atoms with Crippen molar-refractivity contribution in [2.45, 2.75) is 37.2 Å². The molecule has 2 rings (SSSR count). The molecule has 0 saturated heterocycles. The van der Waals surface area contributed by atoms with Gasteiger partial charge in [-0.1, -0.05) is 17.7 Å². The summed E-state index contributed by atoms with van der Waals surface area (Å²) in [7, 11) is 0. The number of halogens is 1. The SMILES string of the molecule is NCC1(c2cccc(Cl)n2)CCC(O)CC1. The van der Waals surface area contributed by atoms with E-state index in [-0.39, 0.29) is 11.5 Å². The number of nitrogens with zero attached hydrogens (tertiary/aromatic N) is 1. The van der Waals surface area contributed by atoms with Gasteiger partial charge in [0.15, 0.2) is 0 Å². The Hall–Kier alpha value is -0.640. The van der Waals surface area contributed by atoms with Crippen LogP contribution in [0.15, 0.2) is 18.2 Å². The maximum atomic E-state index is 9.55. The normalized spacial score (nSPS) is 30.3. The number of aliphatic hydroxyl groups excluding tert-OH is 1. The Morgan fingerprint density at radius 3 is 2.69 bits per heavy atom. The second-order valence-corrected chi connectivity index (χ2v) is 4.95. The molecule has 1 aromatic rings. The molecule has 0 bridgehead atoms. The summed E-state index contributed by atoms with van der Waals surface area (Å²) in [6.07, 6.45) is 3.19. The van der Waals surface area contributed by atoms with Crippen LogP contribution in [0, 0.1) is 0 Å². The molecule has 0 atom stereocenters. The highest BCUT2D eigenvalue weighted by atomic mass is 35.5. The average molecular weight is 241 g/mol. The summed E-state index contributed by atoms with van der Waals surface area (Å²) >= 11 is 5.91. The number of pyridine rings is 1. The fraction of sp³-hybridized carbons (Fsp3) is 0.583. The van der Waals surface area contributed by atoms with Gasteiger partial charge < -0.3 is 10.8 Å². The lowest BCUT2D eigenvalue weighted by Gasteiger charge is -2.37. The summed E-state index contributed by atoms with van der Waals surface area (Å²) in [5.74, 6) is 0. The quantitative estimate of drug-likeness (QED) is 0.776. The molecule has 1 aliphatic rings. The van der Waals surface area contributed by atoms with Gasteiger partial charge in [-0.25, -0.2) is 4.98 Å². The Kier molecular flexibility index (Phi) is 3.47. The summed E-state index contributed by atoms with van der Waals surface area (Å²) in [5, 5.41) is 10.1. The van der Waals surface area contributed by atoms with Crippen LogP contribution in [0.3, 0.4) is 0 Å². The molecule has 1 heterocycles. The van der Waals surface area contributed by atoms with Gasteiger partial charge in [-0.15, -0.1) is 0 Å². The first-order valence-corrected chi connectivity index (χ1v) is 6.05. The van der Waals surface area contributed by atoms with E-state index in [2.05, 4.69) is 4.98 Å². The lowest BCUT2D eigenvalue weighted by molar-refractivity contribution is 0.0962. The Morgan fingerprint density at radius 2 is 2.12 bits per heavy atom. The molecule has 88 valence electrons. The highest BCUT2D eigenvalue weighted by Gasteiger charge is 2.36. The van der Waals surface area contributed by atoms with Gasteiger partial charge >= 0.3 is 0 Å². The molecule has 1 saturated carbocycles. The molecular weight excluding hydrogens is 224 g/mol. The molecule has 0 aromatic carbocycles. The molecule has 0 amide bonds. The molecule has 1 aliphatic carbocycles. The molecule has 16 heavy (non-hydrogen) atoms. The number of hydrogen-bond donors (Lipinski definition) is 2. The lowest BCUT2D eigenvalue weighted by atomic mass is 9.71. The van der Waals surface area contributed by atoms with Gasteiger partial charge in [0.1, 0.15) is 5.15 Å². The molecular formula is C12H17ClN2O. The molecule has 0 unspecified atom stereocenters. The Morgan fingerprint density at radius 1 is 1.44 bits per heavy atom. The molecule has 1 aromatic heterocycles. The zero-order valence-corrected chi connectivity index (χ0v) is 9.95. The van der Waals surface area contributed by atoms with Gasteiger partial charge in [0.05, 0.1) is 6.10 Å². The largest absolute Gasteiger partial charge is 0.393 e. The highest BCUT2D eigenvalue weighted by Crippen LogP contribution is 2.38. The van der Waals surface area contributed by atoms with Crippen molar-refractivity contribution in [1.82, 2.24) is 4.98 Å². The van der Waals surface area contributed by atoms with Crippen LogP contribution in [0.2, 0.25) is 5.15 Å². The molecule has 1 fully saturated rings. The number of rotatable bonds is 2. The van der Waals surface area contributed by atoms with Crippen LogP contribution in [-0.4, -0.2) is 22.7 Å². The Balaban J connectivity index is 2.28. The van der Waals surface area contributed by atoms with E-state index in [1.807, 2.05) is 12.1 Å². The average Bonchev–Trinajstić information content (AvgIpc) is 2.31. The van der Waals surface area contributed by atoms with Gasteiger partial charge in [-0.3, -0.25) is 0 Å². The van der Waals surface area contributed by atoms with Crippen molar-refractivity contribution in [2.75, 3.05) is 6.54 Å². The molecule has 0 aliphatic heterocycles. The van der Waals surface area contributed by atoms with Crippen molar-refractivity contribution >= 4 is 11.6 Å². The first kappa shape index (κ1) is 11.8. The minimum Gasteiger partial charge on any atom is -0.393 e. The summed E-state index contributed by atoms with van der Waals surface area (Å²) < 4.78 is 0. The van der Waals surface area contributed by atoms with Crippen LogP contribution in [-0.2, 0) is 5.41 Å². The monoisotopic (exact) mass is 240 g/mol. The van der Waals surface area contributed by atoms with Crippen LogP contribution in [0.5, 0.6) is 0 Å². The fourth-order valence-corrected chi connectivity index (χ4v) is 2.59. The van der Waals surface area contributed by atoms with Gasteiger partial charge in [0.25, 0.3) is 0 Å². The van der Waals surface area contributed by atoms with Crippen LogP contribution in [0.25, 0.3) is 0 Å². The smallest absolute Gasteiger partial charge is 0.129 e. The van der Waals surface area contributed by atoms with Crippen molar-refractivity contribution < 1.29 is 5.11 Å².